The summed E-state index contributed by atoms with van der Waals surface area (Å²) in [6, 6.07) is 10.4. The topological polar surface area (TPSA) is 61.0 Å². The Kier molecular flexibility index (Phi) is 6.38. The number of hydrogen-bond acceptors (Lipinski definition) is 5. The maximum absolute atomic E-state index is 5.69. The molecule has 3 heterocycles. The van der Waals surface area contributed by atoms with Crippen molar-refractivity contribution in [2.24, 2.45) is 7.05 Å². The molecule has 2 aromatic heterocycles. The third-order valence-corrected chi connectivity index (χ3v) is 4.42. The van der Waals surface area contributed by atoms with Gasteiger partial charge in [0.25, 0.3) is 0 Å². The van der Waals surface area contributed by atoms with Crippen LogP contribution in [0.3, 0.4) is 0 Å². The third-order valence-electron chi connectivity index (χ3n) is 4.42. The van der Waals surface area contributed by atoms with Crippen LogP contribution in [0.4, 0.5) is 0 Å². The monoisotopic (exact) mass is 466 g/mol. The molecule has 0 aliphatic carbocycles. The normalized spacial score (nSPS) is 17.8. The van der Waals surface area contributed by atoms with Crippen LogP contribution in [-0.4, -0.2) is 49.2 Å². The zero-order valence-electron chi connectivity index (χ0n) is 14.7. The molecular formula is C18H23IN6O. The summed E-state index contributed by atoms with van der Waals surface area (Å²) in [6.07, 6.45) is 5.76. The molecule has 1 aromatic carbocycles. The Bertz CT molecular complexity index is 818. The van der Waals surface area contributed by atoms with E-state index in [0.29, 0.717) is 6.61 Å². The quantitative estimate of drug-likeness (QED) is 0.540. The Morgan fingerprint density at radius 3 is 2.77 bits per heavy atom. The van der Waals surface area contributed by atoms with Crippen molar-refractivity contribution >= 4 is 24.0 Å². The van der Waals surface area contributed by atoms with Crippen LogP contribution in [0.1, 0.15) is 23.0 Å². The lowest BCUT2D eigenvalue weighted by Crippen LogP contribution is -2.39. The van der Waals surface area contributed by atoms with E-state index in [1.165, 1.54) is 11.1 Å². The summed E-state index contributed by atoms with van der Waals surface area (Å²) >= 11 is 0. The molecule has 4 rings (SSSR count). The average Bonchev–Trinajstić information content (AvgIpc) is 3.25. The van der Waals surface area contributed by atoms with Gasteiger partial charge in [0.1, 0.15) is 6.33 Å². The highest BCUT2D eigenvalue weighted by Gasteiger charge is 2.28. The lowest BCUT2D eigenvalue weighted by Gasteiger charge is -2.33. The first-order valence-electron chi connectivity index (χ1n) is 8.50. The van der Waals surface area contributed by atoms with Crippen LogP contribution in [0, 0.1) is 0 Å². The molecule has 1 unspecified atom stereocenters. The van der Waals surface area contributed by atoms with Crippen LogP contribution in [0.2, 0.25) is 0 Å². The molecule has 7 nitrogen and oxygen atoms in total. The fourth-order valence-electron chi connectivity index (χ4n) is 3.16. The molecule has 8 heteroatoms. The molecule has 3 aromatic rings. The number of morpholine rings is 1. The molecule has 138 valence electrons. The summed E-state index contributed by atoms with van der Waals surface area (Å²) in [4.78, 5) is 6.91. The van der Waals surface area contributed by atoms with Crippen molar-refractivity contribution in [2.45, 2.75) is 19.1 Å². The van der Waals surface area contributed by atoms with Crippen LogP contribution in [0.15, 0.2) is 49.1 Å². The van der Waals surface area contributed by atoms with Crippen LogP contribution in [0.5, 0.6) is 0 Å². The van der Waals surface area contributed by atoms with E-state index in [-0.39, 0.29) is 30.0 Å². The molecule has 0 bridgehead atoms. The molecule has 1 aliphatic rings. The Morgan fingerprint density at radius 2 is 2.00 bits per heavy atom. The Morgan fingerprint density at radius 1 is 1.15 bits per heavy atom. The van der Waals surface area contributed by atoms with E-state index >= 15 is 0 Å². The zero-order chi connectivity index (χ0) is 17.1. The molecule has 0 radical (unpaired) electrons. The predicted molar refractivity (Wildman–Crippen MR) is 108 cm³/mol. The van der Waals surface area contributed by atoms with Gasteiger partial charge < -0.3 is 4.74 Å². The van der Waals surface area contributed by atoms with E-state index in [1.54, 1.807) is 6.33 Å². The molecule has 1 saturated heterocycles. The van der Waals surface area contributed by atoms with E-state index in [0.717, 1.165) is 32.1 Å². The van der Waals surface area contributed by atoms with Crippen molar-refractivity contribution in [1.82, 2.24) is 29.4 Å². The number of hydrogen-bond donors (Lipinski definition) is 0. The number of halogens is 1. The summed E-state index contributed by atoms with van der Waals surface area (Å²) in [5, 5.41) is 8.94. The highest BCUT2D eigenvalue weighted by atomic mass is 127. The van der Waals surface area contributed by atoms with E-state index in [9.17, 15) is 0 Å². The fourth-order valence-corrected chi connectivity index (χ4v) is 3.16. The number of aromatic nitrogens is 5. The van der Waals surface area contributed by atoms with Gasteiger partial charge in [0.05, 0.1) is 32.0 Å². The van der Waals surface area contributed by atoms with Gasteiger partial charge in [-0.05, 0) is 5.56 Å². The van der Waals surface area contributed by atoms with E-state index in [1.807, 2.05) is 47.0 Å². The lowest BCUT2D eigenvalue weighted by atomic mass is 10.2. The van der Waals surface area contributed by atoms with Crippen LogP contribution in [-0.2, 0) is 24.9 Å². The molecule has 0 spiro atoms. The SMILES string of the molecule is Cn1cc(CN2CCOCC2c2ncn(Cc3ccccc3)n2)cn1.I. The summed E-state index contributed by atoms with van der Waals surface area (Å²) < 4.78 is 9.41. The first kappa shape index (κ1) is 19.0. The summed E-state index contributed by atoms with van der Waals surface area (Å²) in [5.74, 6) is 0.819. The molecule has 1 atom stereocenters. The minimum atomic E-state index is 0. The first-order valence-corrected chi connectivity index (χ1v) is 8.50. The van der Waals surface area contributed by atoms with Crippen molar-refractivity contribution < 1.29 is 4.74 Å². The Hall–Kier alpha value is -1.78. The summed E-state index contributed by atoms with van der Waals surface area (Å²) in [6.45, 7) is 3.78. The Labute approximate surface area is 170 Å². The van der Waals surface area contributed by atoms with Gasteiger partial charge >= 0.3 is 0 Å². The van der Waals surface area contributed by atoms with E-state index in [4.69, 9.17) is 4.74 Å². The summed E-state index contributed by atoms with van der Waals surface area (Å²) in [5.41, 5.74) is 2.41. The third kappa shape index (κ3) is 4.49. The van der Waals surface area contributed by atoms with Crippen LogP contribution >= 0.6 is 24.0 Å². The number of aryl methyl sites for hydroxylation is 1. The molecule has 26 heavy (non-hydrogen) atoms. The van der Waals surface area contributed by atoms with Gasteiger partial charge in [-0.25, -0.2) is 9.67 Å². The molecule has 0 N–H and O–H groups in total. The number of benzene rings is 1. The van der Waals surface area contributed by atoms with Crippen molar-refractivity contribution in [3.05, 3.63) is 66.0 Å². The van der Waals surface area contributed by atoms with Gasteiger partial charge in [-0.2, -0.15) is 10.2 Å². The molecule has 0 amide bonds. The highest BCUT2D eigenvalue weighted by molar-refractivity contribution is 14.0. The van der Waals surface area contributed by atoms with Crippen molar-refractivity contribution in [2.75, 3.05) is 19.8 Å². The number of nitrogens with zero attached hydrogens (tertiary/aromatic N) is 6. The van der Waals surface area contributed by atoms with Gasteiger partial charge in [-0.1, -0.05) is 30.3 Å². The molecular weight excluding hydrogens is 443 g/mol. The van der Waals surface area contributed by atoms with E-state index < -0.39 is 0 Å². The van der Waals surface area contributed by atoms with Gasteiger partial charge in [0.15, 0.2) is 5.82 Å². The van der Waals surface area contributed by atoms with Gasteiger partial charge in [-0.3, -0.25) is 9.58 Å². The number of ether oxygens (including phenoxy) is 1. The minimum absolute atomic E-state index is 0. The van der Waals surface area contributed by atoms with Crippen molar-refractivity contribution in [3.8, 4) is 0 Å². The summed E-state index contributed by atoms with van der Waals surface area (Å²) in [7, 11) is 1.94. The second kappa shape index (κ2) is 8.74. The first-order chi connectivity index (χ1) is 12.3. The standard InChI is InChI=1S/C18H22N6O.HI/c1-22-10-16(9-20-22)11-23-7-8-25-13-17(23)18-19-14-24(21-18)12-15-5-3-2-4-6-15;/h2-6,9-10,14,17H,7-8,11-13H2,1H3;1H. The molecule has 1 aliphatic heterocycles. The van der Waals surface area contributed by atoms with Crippen molar-refractivity contribution in [1.29, 1.82) is 0 Å². The maximum Gasteiger partial charge on any atom is 0.170 e. The Balaban J connectivity index is 0.00000196. The predicted octanol–water partition coefficient (Wildman–Crippen LogP) is 2.25. The second-order valence-corrected chi connectivity index (χ2v) is 6.37. The van der Waals surface area contributed by atoms with Gasteiger partial charge in [0.2, 0.25) is 0 Å². The number of rotatable bonds is 5. The highest BCUT2D eigenvalue weighted by Crippen LogP contribution is 2.23. The van der Waals surface area contributed by atoms with Crippen LogP contribution < -0.4 is 0 Å². The zero-order valence-corrected chi connectivity index (χ0v) is 17.1. The lowest BCUT2D eigenvalue weighted by molar-refractivity contribution is -0.0159. The largest absolute Gasteiger partial charge is 0.378 e. The smallest absolute Gasteiger partial charge is 0.170 e. The molecule has 1 fully saturated rings. The second-order valence-electron chi connectivity index (χ2n) is 6.37. The fraction of sp³-hybridized carbons (Fsp3) is 0.389. The minimum Gasteiger partial charge on any atom is -0.378 e. The van der Waals surface area contributed by atoms with Crippen molar-refractivity contribution in [3.63, 3.8) is 0 Å². The van der Waals surface area contributed by atoms with Crippen LogP contribution in [0.25, 0.3) is 0 Å². The van der Waals surface area contributed by atoms with Gasteiger partial charge in [-0.15, -0.1) is 24.0 Å². The van der Waals surface area contributed by atoms with Gasteiger partial charge in [0, 0.05) is 31.9 Å². The van der Waals surface area contributed by atoms with E-state index in [2.05, 4.69) is 32.2 Å². The maximum atomic E-state index is 5.69. The molecule has 0 saturated carbocycles. The average molecular weight is 466 g/mol.